The lowest BCUT2D eigenvalue weighted by atomic mass is 10.2. The molecule has 0 bridgehead atoms. The standard InChI is InChI=1S/C11H17N3OS/c1-7-6-13-10(16-7)8(2)14-5-4-9(12-3)11(14)15/h6,8-9,12H,4-5H2,1-3H3. The summed E-state index contributed by atoms with van der Waals surface area (Å²) in [6.45, 7) is 4.91. The molecule has 1 saturated heterocycles. The lowest BCUT2D eigenvalue weighted by Gasteiger charge is -2.22. The van der Waals surface area contributed by atoms with Crippen LogP contribution in [-0.2, 0) is 4.79 Å². The Hall–Kier alpha value is -0.940. The maximum Gasteiger partial charge on any atom is 0.240 e. The summed E-state index contributed by atoms with van der Waals surface area (Å²) in [5.41, 5.74) is 0. The molecule has 1 N–H and O–H groups in total. The molecule has 0 saturated carbocycles. The lowest BCUT2D eigenvalue weighted by Crippen LogP contribution is -2.37. The van der Waals surface area contributed by atoms with Crippen LogP contribution in [0.2, 0.25) is 0 Å². The Morgan fingerprint density at radius 2 is 2.44 bits per heavy atom. The molecule has 0 aliphatic carbocycles. The molecule has 2 rings (SSSR count). The number of carbonyl (C=O) groups is 1. The van der Waals surface area contributed by atoms with Gasteiger partial charge in [0.05, 0.1) is 12.1 Å². The van der Waals surface area contributed by atoms with Crippen molar-refractivity contribution in [3.63, 3.8) is 0 Å². The van der Waals surface area contributed by atoms with Crippen LogP contribution in [0.25, 0.3) is 0 Å². The van der Waals surface area contributed by atoms with Crippen LogP contribution in [0.4, 0.5) is 0 Å². The molecule has 0 radical (unpaired) electrons. The van der Waals surface area contributed by atoms with E-state index in [-0.39, 0.29) is 18.0 Å². The Morgan fingerprint density at radius 1 is 1.69 bits per heavy atom. The molecular formula is C11H17N3OS. The van der Waals surface area contributed by atoms with Gasteiger partial charge in [-0.05, 0) is 27.3 Å². The van der Waals surface area contributed by atoms with Crippen LogP contribution >= 0.6 is 11.3 Å². The third-order valence-electron chi connectivity index (χ3n) is 3.05. The number of nitrogens with zero attached hydrogens (tertiary/aromatic N) is 2. The molecule has 1 amide bonds. The van der Waals surface area contributed by atoms with Gasteiger partial charge in [-0.2, -0.15) is 0 Å². The van der Waals surface area contributed by atoms with Gasteiger partial charge in [0.15, 0.2) is 0 Å². The maximum atomic E-state index is 12.0. The number of hydrogen-bond donors (Lipinski definition) is 1. The van der Waals surface area contributed by atoms with Crippen molar-refractivity contribution in [3.05, 3.63) is 16.1 Å². The average Bonchev–Trinajstić information content (AvgIpc) is 2.84. The van der Waals surface area contributed by atoms with Crippen molar-refractivity contribution in [1.29, 1.82) is 0 Å². The van der Waals surface area contributed by atoms with Crippen molar-refractivity contribution >= 4 is 17.2 Å². The number of aromatic nitrogens is 1. The van der Waals surface area contributed by atoms with Crippen LogP contribution in [0.3, 0.4) is 0 Å². The van der Waals surface area contributed by atoms with E-state index in [1.165, 1.54) is 4.88 Å². The summed E-state index contributed by atoms with van der Waals surface area (Å²) in [7, 11) is 1.84. The Balaban J connectivity index is 2.11. The van der Waals surface area contributed by atoms with Crippen molar-refractivity contribution in [1.82, 2.24) is 15.2 Å². The molecule has 4 nitrogen and oxygen atoms in total. The van der Waals surface area contributed by atoms with Crippen molar-refractivity contribution in [2.45, 2.75) is 32.4 Å². The van der Waals surface area contributed by atoms with Gasteiger partial charge < -0.3 is 10.2 Å². The number of carbonyl (C=O) groups excluding carboxylic acids is 1. The number of rotatable bonds is 3. The van der Waals surface area contributed by atoms with Crippen LogP contribution in [-0.4, -0.2) is 35.4 Å². The van der Waals surface area contributed by atoms with Gasteiger partial charge in [-0.1, -0.05) is 0 Å². The summed E-state index contributed by atoms with van der Waals surface area (Å²) in [4.78, 5) is 19.5. The number of likely N-dealkylation sites (N-methyl/N-ethyl adjacent to an activating group) is 1. The van der Waals surface area contributed by atoms with Crippen LogP contribution in [0.1, 0.15) is 29.3 Å². The zero-order valence-corrected chi connectivity index (χ0v) is 10.7. The number of likely N-dealkylation sites (tertiary alicyclic amines) is 1. The van der Waals surface area contributed by atoms with Gasteiger partial charge in [0.2, 0.25) is 5.91 Å². The minimum Gasteiger partial charge on any atom is -0.332 e. The van der Waals surface area contributed by atoms with E-state index < -0.39 is 0 Å². The lowest BCUT2D eigenvalue weighted by molar-refractivity contribution is -0.131. The van der Waals surface area contributed by atoms with Crippen molar-refractivity contribution in [2.75, 3.05) is 13.6 Å². The molecule has 0 aromatic carbocycles. The fraction of sp³-hybridized carbons (Fsp3) is 0.636. The molecule has 2 atom stereocenters. The first-order valence-electron chi connectivity index (χ1n) is 5.53. The second-order valence-electron chi connectivity index (χ2n) is 4.15. The molecule has 1 fully saturated rings. The first-order chi connectivity index (χ1) is 7.63. The maximum absolute atomic E-state index is 12.0. The Bertz CT molecular complexity index is 390. The summed E-state index contributed by atoms with van der Waals surface area (Å²) < 4.78 is 0. The number of amides is 1. The second-order valence-corrected chi connectivity index (χ2v) is 5.41. The first-order valence-corrected chi connectivity index (χ1v) is 6.35. The van der Waals surface area contributed by atoms with Gasteiger partial charge in [-0.25, -0.2) is 4.98 Å². The van der Waals surface area contributed by atoms with Crippen molar-refractivity contribution in [3.8, 4) is 0 Å². The molecule has 1 aliphatic rings. The molecular weight excluding hydrogens is 222 g/mol. The van der Waals surface area contributed by atoms with Crippen LogP contribution < -0.4 is 5.32 Å². The fourth-order valence-electron chi connectivity index (χ4n) is 2.05. The van der Waals surface area contributed by atoms with Gasteiger partial charge in [0.25, 0.3) is 0 Å². The number of aryl methyl sites for hydroxylation is 1. The molecule has 5 heteroatoms. The topological polar surface area (TPSA) is 45.2 Å². The highest BCUT2D eigenvalue weighted by Gasteiger charge is 2.34. The van der Waals surface area contributed by atoms with Crippen molar-refractivity contribution in [2.24, 2.45) is 0 Å². The Kier molecular flexibility index (Phi) is 3.25. The zero-order chi connectivity index (χ0) is 11.7. The highest BCUT2D eigenvalue weighted by atomic mass is 32.1. The number of hydrogen-bond acceptors (Lipinski definition) is 4. The minimum absolute atomic E-state index is 0.0106. The van der Waals surface area contributed by atoms with E-state index in [4.69, 9.17) is 0 Å². The van der Waals surface area contributed by atoms with E-state index in [0.29, 0.717) is 0 Å². The fourth-order valence-corrected chi connectivity index (χ4v) is 2.89. The Morgan fingerprint density at radius 3 is 2.94 bits per heavy atom. The zero-order valence-electron chi connectivity index (χ0n) is 9.86. The van der Waals surface area contributed by atoms with Crippen molar-refractivity contribution < 1.29 is 4.79 Å². The normalized spacial score (nSPS) is 22.8. The second kappa shape index (κ2) is 4.51. The summed E-state index contributed by atoms with van der Waals surface area (Å²) in [6.07, 6.45) is 2.76. The molecule has 88 valence electrons. The Labute approximate surface area is 99.7 Å². The van der Waals surface area contributed by atoms with Gasteiger partial charge in [-0.15, -0.1) is 11.3 Å². The van der Waals surface area contributed by atoms with E-state index in [0.717, 1.165) is 18.0 Å². The smallest absolute Gasteiger partial charge is 0.240 e. The molecule has 1 aromatic heterocycles. The predicted molar refractivity (Wildman–Crippen MR) is 64.4 cm³/mol. The summed E-state index contributed by atoms with van der Waals surface area (Å²) >= 11 is 1.67. The molecule has 1 aliphatic heterocycles. The number of thiazole rings is 1. The van der Waals surface area contributed by atoms with Crippen LogP contribution in [0, 0.1) is 6.92 Å². The highest BCUT2D eigenvalue weighted by Crippen LogP contribution is 2.28. The SMILES string of the molecule is CNC1CCN(C(C)c2ncc(C)s2)C1=O. The monoisotopic (exact) mass is 239 g/mol. The van der Waals surface area contributed by atoms with E-state index in [1.54, 1.807) is 11.3 Å². The molecule has 0 spiro atoms. The van der Waals surface area contributed by atoms with Crippen LogP contribution in [0.5, 0.6) is 0 Å². The van der Waals surface area contributed by atoms with Gasteiger partial charge in [0.1, 0.15) is 5.01 Å². The van der Waals surface area contributed by atoms with Gasteiger partial charge in [0, 0.05) is 17.6 Å². The van der Waals surface area contributed by atoms with Gasteiger partial charge in [-0.3, -0.25) is 4.79 Å². The summed E-state index contributed by atoms with van der Waals surface area (Å²) in [6, 6.07) is 0.0908. The number of nitrogens with one attached hydrogen (secondary N) is 1. The van der Waals surface area contributed by atoms with E-state index in [1.807, 2.05) is 32.0 Å². The predicted octanol–water partition coefficient (Wildman–Crippen LogP) is 1.33. The summed E-state index contributed by atoms with van der Waals surface area (Å²) in [5, 5.41) is 4.08. The summed E-state index contributed by atoms with van der Waals surface area (Å²) in [5.74, 6) is 0.197. The average molecular weight is 239 g/mol. The highest BCUT2D eigenvalue weighted by molar-refractivity contribution is 7.11. The third kappa shape index (κ3) is 1.97. The van der Waals surface area contributed by atoms with E-state index in [9.17, 15) is 4.79 Å². The molecule has 2 heterocycles. The first kappa shape index (κ1) is 11.5. The van der Waals surface area contributed by atoms with E-state index in [2.05, 4.69) is 10.3 Å². The van der Waals surface area contributed by atoms with E-state index >= 15 is 0 Å². The minimum atomic E-state index is -0.0106. The third-order valence-corrected chi connectivity index (χ3v) is 4.14. The quantitative estimate of drug-likeness (QED) is 0.865. The largest absolute Gasteiger partial charge is 0.332 e. The molecule has 16 heavy (non-hydrogen) atoms. The molecule has 2 unspecified atom stereocenters. The molecule has 1 aromatic rings. The van der Waals surface area contributed by atoms with Crippen LogP contribution in [0.15, 0.2) is 6.20 Å². The van der Waals surface area contributed by atoms with Gasteiger partial charge >= 0.3 is 0 Å².